The maximum absolute atomic E-state index is 12.5. The van der Waals surface area contributed by atoms with Crippen LogP contribution in [0.25, 0.3) is 0 Å². The van der Waals surface area contributed by atoms with E-state index in [1.165, 1.54) is 0 Å². The molecule has 0 aromatic carbocycles. The molecular formula is C15H23N3O3. The summed E-state index contributed by atoms with van der Waals surface area (Å²) in [4.78, 5) is 12.5. The van der Waals surface area contributed by atoms with Crippen molar-refractivity contribution < 1.29 is 14.6 Å². The zero-order chi connectivity index (χ0) is 14.8. The van der Waals surface area contributed by atoms with Gasteiger partial charge in [0.15, 0.2) is 0 Å². The van der Waals surface area contributed by atoms with Crippen molar-refractivity contribution in [2.24, 2.45) is 13.0 Å². The number of amides is 1. The van der Waals surface area contributed by atoms with Crippen LogP contribution in [0.5, 0.6) is 0 Å². The normalized spacial score (nSPS) is 33.0. The minimum atomic E-state index is -0.417. The molecule has 1 aromatic heterocycles. The quantitative estimate of drug-likeness (QED) is 0.869. The topological polar surface area (TPSA) is 76.4 Å². The van der Waals surface area contributed by atoms with Gasteiger partial charge in [-0.3, -0.25) is 9.48 Å². The second kappa shape index (κ2) is 6.15. The second-order valence-electron chi connectivity index (χ2n) is 6.03. The van der Waals surface area contributed by atoms with Crippen molar-refractivity contribution in [3.63, 3.8) is 0 Å². The van der Waals surface area contributed by atoms with Crippen molar-refractivity contribution in [2.75, 3.05) is 6.61 Å². The Hall–Kier alpha value is -1.40. The zero-order valence-corrected chi connectivity index (χ0v) is 12.4. The van der Waals surface area contributed by atoms with E-state index in [1.54, 1.807) is 10.9 Å². The first-order chi connectivity index (χ1) is 10.2. The van der Waals surface area contributed by atoms with Crippen molar-refractivity contribution in [3.8, 4) is 0 Å². The van der Waals surface area contributed by atoms with E-state index in [9.17, 15) is 9.90 Å². The minimum Gasteiger partial charge on any atom is -0.391 e. The predicted molar refractivity (Wildman–Crippen MR) is 76.4 cm³/mol. The largest absolute Gasteiger partial charge is 0.391 e. The Balaban J connectivity index is 1.67. The lowest BCUT2D eigenvalue weighted by molar-refractivity contribution is -0.128. The molecule has 1 aliphatic carbocycles. The number of aliphatic hydroxyl groups is 1. The van der Waals surface area contributed by atoms with Crippen LogP contribution in [0.3, 0.4) is 0 Å². The van der Waals surface area contributed by atoms with Crippen molar-refractivity contribution in [3.05, 3.63) is 18.0 Å². The molecule has 6 heteroatoms. The van der Waals surface area contributed by atoms with Gasteiger partial charge < -0.3 is 15.2 Å². The van der Waals surface area contributed by atoms with Gasteiger partial charge >= 0.3 is 0 Å². The van der Waals surface area contributed by atoms with Gasteiger partial charge in [-0.05, 0) is 25.3 Å². The maximum Gasteiger partial charge on any atom is 0.226 e. The molecule has 0 spiro atoms. The third kappa shape index (κ3) is 2.96. The number of nitrogens with one attached hydrogen (secondary N) is 1. The van der Waals surface area contributed by atoms with Crippen molar-refractivity contribution in [2.45, 2.75) is 50.4 Å². The first kappa shape index (κ1) is 14.5. The molecule has 1 saturated heterocycles. The molecule has 1 amide bonds. The lowest BCUT2D eigenvalue weighted by atomic mass is 9.91. The second-order valence-corrected chi connectivity index (χ2v) is 6.03. The molecule has 6 nitrogen and oxygen atoms in total. The van der Waals surface area contributed by atoms with Crippen LogP contribution in [0.4, 0.5) is 0 Å². The number of aliphatic hydroxyl groups excluding tert-OH is 1. The standard InChI is InChI=1S/C15H23N3O3/c1-18-12(6-8-16-18)14-10(7-9-21-14)15(20)17-11-4-2-3-5-13(11)19/h6,8,10-11,13-14,19H,2-5,7,9H2,1H3,(H,17,20)/t10-,11-,13+,14-/m1/s1. The summed E-state index contributed by atoms with van der Waals surface area (Å²) in [6.45, 7) is 0.584. The first-order valence-electron chi connectivity index (χ1n) is 7.75. The fraction of sp³-hybridized carbons (Fsp3) is 0.733. The number of rotatable bonds is 3. The van der Waals surface area contributed by atoms with Gasteiger partial charge in [-0.2, -0.15) is 5.10 Å². The molecule has 0 unspecified atom stereocenters. The van der Waals surface area contributed by atoms with Gasteiger partial charge in [-0.1, -0.05) is 12.8 Å². The molecule has 1 aromatic rings. The van der Waals surface area contributed by atoms with Gasteiger partial charge in [-0.25, -0.2) is 0 Å². The Morgan fingerprint density at radius 2 is 2.24 bits per heavy atom. The average Bonchev–Trinajstić information content (AvgIpc) is 3.09. The molecule has 2 fully saturated rings. The van der Waals surface area contributed by atoms with Crippen LogP contribution in [0.2, 0.25) is 0 Å². The van der Waals surface area contributed by atoms with Gasteiger partial charge in [0.1, 0.15) is 6.10 Å². The van der Waals surface area contributed by atoms with Gasteiger partial charge in [-0.15, -0.1) is 0 Å². The summed E-state index contributed by atoms with van der Waals surface area (Å²) in [6, 6.07) is 1.78. The Morgan fingerprint density at radius 1 is 1.43 bits per heavy atom. The van der Waals surface area contributed by atoms with Crippen LogP contribution >= 0.6 is 0 Å². The summed E-state index contributed by atoms with van der Waals surface area (Å²) >= 11 is 0. The molecule has 2 heterocycles. The molecule has 116 valence electrons. The average molecular weight is 293 g/mol. The van der Waals surface area contributed by atoms with Crippen molar-refractivity contribution in [1.29, 1.82) is 0 Å². The highest BCUT2D eigenvalue weighted by atomic mass is 16.5. The fourth-order valence-corrected chi connectivity index (χ4v) is 3.38. The monoisotopic (exact) mass is 293 g/mol. The summed E-state index contributed by atoms with van der Waals surface area (Å²) in [7, 11) is 1.86. The highest BCUT2D eigenvalue weighted by Crippen LogP contribution is 2.34. The minimum absolute atomic E-state index is 0.00958. The Morgan fingerprint density at radius 3 is 2.95 bits per heavy atom. The van der Waals surface area contributed by atoms with Crippen LogP contribution in [-0.4, -0.2) is 39.5 Å². The van der Waals surface area contributed by atoms with Gasteiger partial charge in [0.2, 0.25) is 5.91 Å². The lowest BCUT2D eigenvalue weighted by Crippen LogP contribution is -2.47. The fourth-order valence-electron chi connectivity index (χ4n) is 3.38. The molecule has 21 heavy (non-hydrogen) atoms. The molecule has 0 radical (unpaired) electrons. The Labute approximate surface area is 124 Å². The van der Waals surface area contributed by atoms with E-state index in [0.717, 1.165) is 31.4 Å². The van der Waals surface area contributed by atoms with Crippen LogP contribution in [0.15, 0.2) is 12.3 Å². The van der Waals surface area contributed by atoms with Crippen LogP contribution in [0.1, 0.15) is 43.9 Å². The summed E-state index contributed by atoms with van der Waals surface area (Å²) in [5.41, 5.74) is 0.928. The molecule has 3 rings (SSSR count). The number of carbonyl (C=O) groups is 1. The Kier molecular flexibility index (Phi) is 4.26. The van der Waals surface area contributed by atoms with Crippen molar-refractivity contribution in [1.82, 2.24) is 15.1 Å². The SMILES string of the molecule is Cn1nccc1[C@@H]1OCC[C@H]1C(=O)N[C@@H]1CCCC[C@@H]1O. The van der Waals surface area contributed by atoms with Crippen LogP contribution < -0.4 is 5.32 Å². The van der Waals surface area contributed by atoms with Gasteiger partial charge in [0.25, 0.3) is 0 Å². The predicted octanol–water partition coefficient (Wildman–Crippen LogP) is 0.917. The summed E-state index contributed by atoms with van der Waals surface area (Å²) in [6.07, 6.45) is 5.51. The highest BCUT2D eigenvalue weighted by Gasteiger charge is 2.38. The molecule has 4 atom stereocenters. The van der Waals surface area contributed by atoms with Crippen LogP contribution in [-0.2, 0) is 16.6 Å². The number of nitrogens with zero attached hydrogens (tertiary/aromatic N) is 2. The summed E-state index contributed by atoms with van der Waals surface area (Å²) < 4.78 is 7.50. The number of aromatic nitrogens is 2. The third-order valence-electron chi connectivity index (χ3n) is 4.64. The first-order valence-corrected chi connectivity index (χ1v) is 7.75. The summed E-state index contributed by atoms with van der Waals surface area (Å²) in [5.74, 6) is -0.209. The number of aryl methyl sites for hydroxylation is 1. The smallest absolute Gasteiger partial charge is 0.226 e. The van der Waals surface area contributed by atoms with Crippen molar-refractivity contribution >= 4 is 5.91 Å². The zero-order valence-electron chi connectivity index (χ0n) is 12.4. The molecular weight excluding hydrogens is 270 g/mol. The Bertz CT molecular complexity index is 502. The molecule has 2 aliphatic rings. The molecule has 0 bridgehead atoms. The highest BCUT2D eigenvalue weighted by molar-refractivity contribution is 5.80. The van der Waals surface area contributed by atoms with E-state index in [1.807, 2.05) is 13.1 Å². The maximum atomic E-state index is 12.5. The molecule has 2 N–H and O–H groups in total. The molecule has 1 saturated carbocycles. The van der Waals surface area contributed by atoms with Gasteiger partial charge in [0, 0.05) is 19.9 Å². The van der Waals surface area contributed by atoms with E-state index in [4.69, 9.17) is 4.74 Å². The summed E-state index contributed by atoms with van der Waals surface area (Å²) in [5, 5.41) is 17.2. The molecule has 1 aliphatic heterocycles. The number of hydrogen-bond donors (Lipinski definition) is 2. The van der Waals surface area contributed by atoms with E-state index in [-0.39, 0.29) is 24.0 Å². The number of ether oxygens (including phenoxy) is 1. The van der Waals surface area contributed by atoms with E-state index < -0.39 is 6.10 Å². The van der Waals surface area contributed by atoms with E-state index in [2.05, 4.69) is 10.4 Å². The number of carbonyl (C=O) groups excluding carboxylic acids is 1. The van der Waals surface area contributed by atoms with E-state index >= 15 is 0 Å². The number of hydrogen-bond acceptors (Lipinski definition) is 4. The van der Waals surface area contributed by atoms with Gasteiger partial charge in [0.05, 0.1) is 23.8 Å². The van der Waals surface area contributed by atoms with E-state index in [0.29, 0.717) is 13.0 Å². The lowest BCUT2D eigenvalue weighted by Gasteiger charge is -2.30. The van der Waals surface area contributed by atoms with Crippen LogP contribution in [0, 0.1) is 5.92 Å². The third-order valence-corrected chi connectivity index (χ3v) is 4.64.